The third-order valence-corrected chi connectivity index (χ3v) is 10.5. The molecule has 0 spiro atoms. The molecule has 12 heteroatoms. The molecule has 232 valence electrons. The minimum Gasteiger partial charge on any atom is -0.381 e. The van der Waals surface area contributed by atoms with Gasteiger partial charge in [-0.25, -0.2) is 13.9 Å². The van der Waals surface area contributed by atoms with Gasteiger partial charge in [0.15, 0.2) is 17.3 Å². The number of carbonyl (C=O) groups excluding carboxylic acids is 2. The highest BCUT2D eigenvalue weighted by Gasteiger charge is 2.52. The molecule has 3 saturated heterocycles. The van der Waals surface area contributed by atoms with Gasteiger partial charge in [-0.2, -0.15) is 5.26 Å². The molecule has 4 aliphatic rings. The molecule has 4 N–H and O–H groups in total. The Hall–Kier alpha value is -3.30. The van der Waals surface area contributed by atoms with E-state index >= 15 is 0 Å². The molecular formula is C31H44FN9O2. The number of aromatic nitrogens is 3. The summed E-state index contributed by atoms with van der Waals surface area (Å²) in [4.78, 5) is 35.7. The van der Waals surface area contributed by atoms with Crippen molar-refractivity contribution >= 4 is 23.3 Å². The number of nitriles is 1. The molecule has 6 rings (SSSR count). The average Bonchev–Trinajstić information content (AvgIpc) is 3.38. The van der Waals surface area contributed by atoms with Crippen LogP contribution in [0.25, 0.3) is 5.65 Å². The number of nitrogen functional groups attached to an aromatic ring is 1. The quantitative estimate of drug-likeness (QED) is 0.480. The van der Waals surface area contributed by atoms with Crippen molar-refractivity contribution in [3.8, 4) is 6.07 Å². The highest BCUT2D eigenvalue weighted by atomic mass is 19.1. The Morgan fingerprint density at radius 2 is 1.79 bits per heavy atom. The van der Waals surface area contributed by atoms with E-state index in [1.54, 1.807) is 0 Å². The number of nitrogens with one attached hydrogen (secondary N) is 2. The molecule has 2 unspecified atom stereocenters. The Labute approximate surface area is 252 Å². The van der Waals surface area contributed by atoms with Crippen LogP contribution in [0.1, 0.15) is 81.0 Å². The minimum atomic E-state index is -0.557. The van der Waals surface area contributed by atoms with E-state index in [0.717, 1.165) is 57.9 Å². The first kappa shape index (κ1) is 29.8. The van der Waals surface area contributed by atoms with E-state index in [2.05, 4.69) is 31.7 Å². The van der Waals surface area contributed by atoms with Crippen molar-refractivity contribution in [3.05, 3.63) is 23.8 Å². The molecule has 43 heavy (non-hydrogen) atoms. The highest BCUT2D eigenvalue weighted by molar-refractivity contribution is 6.04. The maximum Gasteiger partial charge on any atom is 0.259 e. The van der Waals surface area contributed by atoms with E-state index < -0.39 is 5.82 Å². The molecule has 0 radical (unpaired) electrons. The van der Waals surface area contributed by atoms with Crippen LogP contribution >= 0.6 is 0 Å². The minimum absolute atomic E-state index is 0.0201. The Balaban J connectivity index is 1.27. The van der Waals surface area contributed by atoms with Crippen molar-refractivity contribution in [2.45, 2.75) is 82.2 Å². The molecule has 3 aliphatic heterocycles. The predicted molar refractivity (Wildman–Crippen MR) is 159 cm³/mol. The molecule has 2 aromatic heterocycles. The van der Waals surface area contributed by atoms with Crippen LogP contribution in [0.15, 0.2) is 12.4 Å². The van der Waals surface area contributed by atoms with Crippen LogP contribution in [-0.4, -0.2) is 87.1 Å². The van der Waals surface area contributed by atoms with Crippen LogP contribution < -0.4 is 16.4 Å². The molecule has 0 aromatic carbocycles. The molecular weight excluding hydrogens is 549 g/mol. The summed E-state index contributed by atoms with van der Waals surface area (Å²) < 4.78 is 15.0. The molecule has 5 heterocycles. The van der Waals surface area contributed by atoms with Crippen molar-refractivity contribution in [1.29, 1.82) is 5.26 Å². The van der Waals surface area contributed by atoms with Gasteiger partial charge >= 0.3 is 0 Å². The number of hydrogen-bond donors (Lipinski definition) is 3. The Morgan fingerprint density at radius 1 is 1.09 bits per heavy atom. The molecule has 2 amide bonds. The third-order valence-electron chi connectivity index (χ3n) is 10.5. The number of carbonyl (C=O) groups is 2. The molecule has 11 nitrogen and oxygen atoms in total. The standard InChI is InChI=1S/C31H44FN9O2/c32-24-16-36-28-26(27(34)38-41(28)20-24)29(42)37-25-17-35-12-11-31(25,23-7-5-3-1-2-4-6-8-23)40-13-9-22(10-14-40)30(43)39-18-21(15-33)19-39/h16,20-23,25,35H,1-14,17-19H2,(H2,34,38)(H,37,42). The SMILES string of the molecule is N#CC1CN(C(=O)C2CCN(C3(C4CCCCCCCC4)CCNCC3NC(=O)c3c(N)nn4cc(F)cnc34)CC2)C1. The lowest BCUT2D eigenvalue weighted by atomic mass is 9.67. The molecule has 1 aliphatic carbocycles. The lowest BCUT2D eigenvalue weighted by molar-refractivity contribution is -0.143. The fourth-order valence-corrected chi connectivity index (χ4v) is 8.24. The third kappa shape index (κ3) is 5.81. The van der Waals surface area contributed by atoms with Crippen LogP contribution in [0.2, 0.25) is 0 Å². The van der Waals surface area contributed by atoms with Crippen molar-refractivity contribution in [3.63, 3.8) is 0 Å². The molecule has 2 atom stereocenters. The second kappa shape index (κ2) is 12.7. The summed E-state index contributed by atoms with van der Waals surface area (Å²) in [5, 5.41) is 20.2. The zero-order chi connectivity index (χ0) is 30.0. The summed E-state index contributed by atoms with van der Waals surface area (Å²) in [6, 6.07) is 2.08. The van der Waals surface area contributed by atoms with Crippen LogP contribution in [0.3, 0.4) is 0 Å². The van der Waals surface area contributed by atoms with Crippen molar-refractivity contribution in [2.24, 2.45) is 17.8 Å². The maximum atomic E-state index is 13.9. The molecule has 4 fully saturated rings. The van der Waals surface area contributed by atoms with Crippen LogP contribution in [-0.2, 0) is 4.79 Å². The molecule has 0 bridgehead atoms. The number of piperidine rings is 2. The van der Waals surface area contributed by atoms with Crippen molar-refractivity contribution < 1.29 is 14.0 Å². The second-order valence-electron chi connectivity index (χ2n) is 13.0. The summed E-state index contributed by atoms with van der Waals surface area (Å²) in [6.07, 6.45) is 14.3. The summed E-state index contributed by atoms with van der Waals surface area (Å²) >= 11 is 0. The smallest absolute Gasteiger partial charge is 0.259 e. The topological polar surface area (TPSA) is 145 Å². The summed E-state index contributed by atoms with van der Waals surface area (Å²) in [5.74, 6) is -0.340. The van der Waals surface area contributed by atoms with Gasteiger partial charge in [0.05, 0.1) is 30.4 Å². The highest BCUT2D eigenvalue weighted by Crippen LogP contribution is 2.43. The summed E-state index contributed by atoms with van der Waals surface area (Å²) in [6.45, 7) is 4.20. The average molecular weight is 594 g/mol. The van der Waals surface area contributed by atoms with E-state index in [1.807, 2.05) is 4.90 Å². The van der Waals surface area contributed by atoms with Crippen LogP contribution in [0.5, 0.6) is 0 Å². The number of rotatable bonds is 5. The number of nitrogens with zero attached hydrogens (tertiary/aromatic N) is 6. The number of amides is 2. The van der Waals surface area contributed by atoms with Gasteiger partial charge in [-0.05, 0) is 57.7 Å². The van der Waals surface area contributed by atoms with Gasteiger partial charge in [-0.15, -0.1) is 5.10 Å². The predicted octanol–water partition coefficient (Wildman–Crippen LogP) is 2.73. The van der Waals surface area contributed by atoms with E-state index in [9.17, 15) is 14.0 Å². The van der Waals surface area contributed by atoms with Crippen LogP contribution in [0, 0.1) is 34.9 Å². The number of hydrogen-bond acceptors (Lipinski definition) is 8. The largest absolute Gasteiger partial charge is 0.381 e. The Kier molecular flexibility index (Phi) is 8.82. The fraction of sp³-hybridized carbons (Fsp3) is 0.710. The van der Waals surface area contributed by atoms with Crippen LogP contribution in [0.4, 0.5) is 10.2 Å². The first-order valence-electron chi connectivity index (χ1n) is 16.1. The second-order valence-corrected chi connectivity index (χ2v) is 13.0. The maximum absolute atomic E-state index is 13.9. The first-order chi connectivity index (χ1) is 20.9. The Morgan fingerprint density at radius 3 is 2.49 bits per heavy atom. The lowest BCUT2D eigenvalue weighted by Gasteiger charge is -2.57. The van der Waals surface area contributed by atoms with Gasteiger partial charge in [-0.3, -0.25) is 14.5 Å². The van der Waals surface area contributed by atoms with Gasteiger partial charge in [0.2, 0.25) is 5.91 Å². The molecule has 1 saturated carbocycles. The number of halogens is 1. The number of anilines is 1. The van der Waals surface area contributed by atoms with Gasteiger partial charge in [0, 0.05) is 31.1 Å². The van der Waals surface area contributed by atoms with E-state index in [-0.39, 0.29) is 52.3 Å². The number of nitrogens with two attached hydrogens (primary N) is 1. The van der Waals surface area contributed by atoms with E-state index in [0.29, 0.717) is 25.6 Å². The molecule has 2 aromatic rings. The van der Waals surface area contributed by atoms with Gasteiger partial charge in [0.1, 0.15) is 5.56 Å². The fourth-order valence-electron chi connectivity index (χ4n) is 8.24. The van der Waals surface area contributed by atoms with Gasteiger partial charge in [-0.1, -0.05) is 38.5 Å². The van der Waals surface area contributed by atoms with Crippen molar-refractivity contribution in [2.75, 3.05) is 45.0 Å². The number of likely N-dealkylation sites (tertiary alicyclic amines) is 2. The van der Waals surface area contributed by atoms with E-state index in [4.69, 9.17) is 11.0 Å². The zero-order valence-electron chi connectivity index (χ0n) is 24.9. The zero-order valence-corrected chi connectivity index (χ0v) is 24.9. The normalized spacial score (nSPS) is 27.1. The Bertz CT molecular complexity index is 1350. The summed E-state index contributed by atoms with van der Waals surface area (Å²) in [5.41, 5.74) is 6.32. The first-order valence-corrected chi connectivity index (χ1v) is 16.1. The van der Waals surface area contributed by atoms with Crippen molar-refractivity contribution in [1.82, 2.24) is 35.0 Å². The lowest BCUT2D eigenvalue weighted by Crippen LogP contribution is -2.72. The summed E-state index contributed by atoms with van der Waals surface area (Å²) in [7, 11) is 0. The van der Waals surface area contributed by atoms with Gasteiger partial charge in [0.25, 0.3) is 5.91 Å². The number of fused-ring (bicyclic) bond motifs is 1. The van der Waals surface area contributed by atoms with E-state index in [1.165, 1.54) is 49.2 Å². The monoisotopic (exact) mass is 593 g/mol. The van der Waals surface area contributed by atoms with Gasteiger partial charge < -0.3 is 21.3 Å².